The van der Waals surface area contributed by atoms with Crippen LogP contribution < -0.4 is 9.64 Å². The summed E-state index contributed by atoms with van der Waals surface area (Å²) in [6, 6.07) is 15.6. The van der Waals surface area contributed by atoms with Crippen molar-refractivity contribution < 1.29 is 14.3 Å². The number of ether oxygens (including phenoxy) is 2. The molecule has 0 saturated heterocycles. The Morgan fingerprint density at radius 3 is 2.54 bits per heavy atom. The van der Waals surface area contributed by atoms with Crippen molar-refractivity contribution in [1.82, 2.24) is 0 Å². The van der Waals surface area contributed by atoms with E-state index in [9.17, 15) is 4.79 Å². The van der Waals surface area contributed by atoms with Gasteiger partial charge in [-0.1, -0.05) is 31.2 Å². The molecule has 2 rings (SSSR count). The van der Waals surface area contributed by atoms with Gasteiger partial charge in [0.05, 0.1) is 19.1 Å². The van der Waals surface area contributed by atoms with E-state index in [0.717, 1.165) is 23.4 Å². The number of methoxy groups -OCH3 is 1. The summed E-state index contributed by atoms with van der Waals surface area (Å²) in [5, 5.41) is 0. The van der Waals surface area contributed by atoms with Gasteiger partial charge in [-0.05, 0) is 43.2 Å². The minimum Gasteiger partial charge on any atom is -0.463 e. The molecule has 0 unspecified atom stereocenters. The van der Waals surface area contributed by atoms with E-state index in [2.05, 4.69) is 4.99 Å². The fourth-order valence-electron chi connectivity index (χ4n) is 2.33. The molecule has 0 radical (unpaired) electrons. The van der Waals surface area contributed by atoms with Crippen LogP contribution in [0.4, 0.5) is 11.4 Å². The van der Waals surface area contributed by atoms with E-state index < -0.39 is 5.97 Å². The monoisotopic (exact) mass is 352 g/mol. The first-order chi connectivity index (χ1) is 12.6. The van der Waals surface area contributed by atoms with Gasteiger partial charge in [0.2, 0.25) is 5.76 Å². The molecule has 0 N–H and O–H groups in total. The zero-order valence-corrected chi connectivity index (χ0v) is 15.6. The predicted octanol–water partition coefficient (Wildman–Crippen LogP) is 4.50. The molecule has 2 aromatic rings. The van der Waals surface area contributed by atoms with Crippen LogP contribution in [0.15, 0.2) is 65.4 Å². The van der Waals surface area contributed by atoms with Gasteiger partial charge in [0, 0.05) is 18.8 Å². The van der Waals surface area contributed by atoms with Crippen LogP contribution in [0.25, 0.3) is 0 Å². The van der Waals surface area contributed by atoms with Crippen molar-refractivity contribution in [3.8, 4) is 5.75 Å². The lowest BCUT2D eigenvalue weighted by atomic mass is 10.1. The summed E-state index contributed by atoms with van der Waals surface area (Å²) in [4.78, 5) is 18.2. The van der Waals surface area contributed by atoms with Gasteiger partial charge in [-0.15, -0.1) is 0 Å². The molecular formula is C21H24N2O3. The summed E-state index contributed by atoms with van der Waals surface area (Å²) >= 11 is 0. The maximum absolute atomic E-state index is 11.8. The van der Waals surface area contributed by atoms with Crippen molar-refractivity contribution in [2.45, 2.75) is 20.3 Å². The number of aliphatic imine (C=N–C) groups is 1. The molecule has 0 fully saturated rings. The van der Waals surface area contributed by atoms with Crippen molar-refractivity contribution in [2.75, 3.05) is 19.1 Å². The van der Waals surface area contributed by atoms with Crippen LogP contribution in [0.1, 0.15) is 19.4 Å². The third-order valence-electron chi connectivity index (χ3n) is 3.84. The highest BCUT2D eigenvalue weighted by Crippen LogP contribution is 2.27. The Labute approximate surface area is 154 Å². The van der Waals surface area contributed by atoms with Crippen LogP contribution in [0.3, 0.4) is 0 Å². The fourth-order valence-corrected chi connectivity index (χ4v) is 2.33. The van der Waals surface area contributed by atoms with Crippen LogP contribution in [-0.4, -0.2) is 26.5 Å². The number of carbonyl (C=O) groups is 1. The Morgan fingerprint density at radius 1 is 1.19 bits per heavy atom. The molecule has 26 heavy (non-hydrogen) atoms. The van der Waals surface area contributed by atoms with E-state index >= 15 is 0 Å². The summed E-state index contributed by atoms with van der Waals surface area (Å²) in [6.45, 7) is 3.76. The molecular weight excluding hydrogens is 328 g/mol. The highest BCUT2D eigenvalue weighted by molar-refractivity contribution is 5.86. The zero-order valence-electron chi connectivity index (χ0n) is 15.6. The molecule has 0 amide bonds. The van der Waals surface area contributed by atoms with Gasteiger partial charge in [-0.2, -0.15) is 0 Å². The van der Waals surface area contributed by atoms with Crippen LogP contribution in [0, 0.1) is 0 Å². The molecule has 0 aliphatic rings. The minimum absolute atomic E-state index is 0.157. The Bertz CT molecular complexity index is 798. The average Bonchev–Trinajstić information content (AvgIpc) is 2.70. The van der Waals surface area contributed by atoms with Gasteiger partial charge in [0.1, 0.15) is 5.75 Å². The molecule has 2 aromatic carbocycles. The van der Waals surface area contributed by atoms with Crippen molar-refractivity contribution in [3.63, 3.8) is 0 Å². The lowest BCUT2D eigenvalue weighted by molar-refractivity contribution is -0.138. The minimum atomic E-state index is -0.507. The molecule has 0 saturated carbocycles. The second-order valence-corrected chi connectivity index (χ2v) is 5.58. The van der Waals surface area contributed by atoms with E-state index in [0.29, 0.717) is 5.75 Å². The molecule has 5 heteroatoms. The van der Waals surface area contributed by atoms with Crippen molar-refractivity contribution >= 4 is 23.7 Å². The summed E-state index contributed by atoms with van der Waals surface area (Å²) in [5.41, 5.74) is 2.77. The highest BCUT2D eigenvalue weighted by atomic mass is 16.6. The molecule has 0 heterocycles. The fraction of sp³-hybridized carbons (Fsp3) is 0.238. The molecule has 0 spiro atoms. The number of esters is 1. The van der Waals surface area contributed by atoms with Crippen LogP contribution in [-0.2, 0) is 16.0 Å². The second kappa shape index (κ2) is 9.42. The van der Waals surface area contributed by atoms with E-state index in [-0.39, 0.29) is 5.76 Å². The zero-order chi connectivity index (χ0) is 18.9. The Morgan fingerprint density at radius 2 is 1.92 bits per heavy atom. The molecule has 0 aliphatic heterocycles. The lowest BCUT2D eigenvalue weighted by Crippen LogP contribution is -2.13. The summed E-state index contributed by atoms with van der Waals surface area (Å²) < 4.78 is 10.5. The highest BCUT2D eigenvalue weighted by Gasteiger charge is 2.13. The first-order valence-corrected chi connectivity index (χ1v) is 8.46. The number of hydrogen-bond acceptors (Lipinski definition) is 4. The summed E-state index contributed by atoms with van der Waals surface area (Å²) in [7, 11) is 3.27. The standard InChI is InChI=1S/C21H24N2O3/c1-5-16-12-13-17(14-20(16)26-19(6-2)21(24)25-4)22-15-23(3)18-10-8-7-9-11-18/h6-15H,5H2,1-4H3/b19-6-,22-15+. The van der Waals surface area contributed by atoms with E-state index in [1.54, 1.807) is 19.3 Å². The number of carbonyl (C=O) groups excluding carboxylic acids is 1. The SMILES string of the molecule is C/C=C(\Oc1cc(/N=C/N(C)c2ccccc2)ccc1CC)C(=O)OC. The molecule has 0 aliphatic carbocycles. The molecule has 0 bridgehead atoms. The topological polar surface area (TPSA) is 51.1 Å². The maximum Gasteiger partial charge on any atom is 0.373 e. The van der Waals surface area contributed by atoms with Gasteiger partial charge in [0.25, 0.3) is 0 Å². The number of nitrogens with zero attached hydrogens (tertiary/aromatic N) is 2. The van der Waals surface area contributed by atoms with E-state index in [1.807, 2.05) is 67.4 Å². The summed E-state index contributed by atoms with van der Waals surface area (Å²) in [6.07, 6.45) is 4.11. The van der Waals surface area contributed by atoms with E-state index in [4.69, 9.17) is 9.47 Å². The molecule has 136 valence electrons. The number of anilines is 1. The van der Waals surface area contributed by atoms with E-state index in [1.165, 1.54) is 7.11 Å². The predicted molar refractivity (Wildman–Crippen MR) is 105 cm³/mol. The van der Waals surface area contributed by atoms with Crippen LogP contribution in [0.5, 0.6) is 5.75 Å². The van der Waals surface area contributed by atoms with Gasteiger partial charge < -0.3 is 14.4 Å². The van der Waals surface area contributed by atoms with Gasteiger partial charge in [0.15, 0.2) is 0 Å². The lowest BCUT2D eigenvalue weighted by Gasteiger charge is -2.14. The quantitative estimate of drug-likeness (QED) is 0.242. The summed E-state index contributed by atoms with van der Waals surface area (Å²) in [5.74, 6) is 0.250. The van der Waals surface area contributed by atoms with Crippen molar-refractivity contribution in [2.24, 2.45) is 4.99 Å². The number of benzene rings is 2. The Balaban J connectivity index is 2.23. The Kier molecular flexibility index (Phi) is 6.97. The Hall–Kier alpha value is -3.08. The first kappa shape index (κ1) is 19.2. The first-order valence-electron chi connectivity index (χ1n) is 8.46. The van der Waals surface area contributed by atoms with Gasteiger partial charge in [-0.25, -0.2) is 9.79 Å². The van der Waals surface area contributed by atoms with Crippen LogP contribution in [0.2, 0.25) is 0 Å². The number of rotatable bonds is 7. The molecule has 0 aromatic heterocycles. The number of allylic oxidation sites excluding steroid dienone is 1. The second-order valence-electron chi connectivity index (χ2n) is 5.58. The van der Waals surface area contributed by atoms with Crippen LogP contribution >= 0.6 is 0 Å². The maximum atomic E-state index is 11.8. The average molecular weight is 352 g/mol. The third-order valence-corrected chi connectivity index (χ3v) is 3.84. The third kappa shape index (κ3) is 4.96. The number of hydrogen-bond donors (Lipinski definition) is 0. The number of aryl methyl sites for hydroxylation is 1. The number of para-hydroxylation sites is 1. The largest absolute Gasteiger partial charge is 0.463 e. The molecule has 5 nitrogen and oxygen atoms in total. The smallest absolute Gasteiger partial charge is 0.373 e. The van der Waals surface area contributed by atoms with Crippen molar-refractivity contribution in [3.05, 3.63) is 65.9 Å². The van der Waals surface area contributed by atoms with Gasteiger partial charge >= 0.3 is 5.97 Å². The molecule has 0 atom stereocenters. The normalized spacial score (nSPS) is 11.5. The van der Waals surface area contributed by atoms with Gasteiger partial charge in [-0.3, -0.25) is 0 Å². The van der Waals surface area contributed by atoms with Crippen molar-refractivity contribution in [1.29, 1.82) is 0 Å².